The summed E-state index contributed by atoms with van der Waals surface area (Å²) >= 11 is 0. The maximum Gasteiger partial charge on any atom is 0.0208 e. The van der Waals surface area contributed by atoms with E-state index < -0.39 is 0 Å². The van der Waals surface area contributed by atoms with E-state index in [1.165, 1.54) is 16.7 Å². The Kier molecular flexibility index (Phi) is 4.95. The highest BCUT2D eigenvalue weighted by Crippen LogP contribution is 2.21. The summed E-state index contributed by atoms with van der Waals surface area (Å²) in [7, 11) is 0. The summed E-state index contributed by atoms with van der Waals surface area (Å²) in [5.74, 6) is 0. The monoisotopic (exact) mass is 231 g/mol. The Balaban J connectivity index is 2.49. The molecule has 0 bridgehead atoms. The molecule has 0 saturated heterocycles. The molecule has 0 atom stereocenters. The second kappa shape index (κ2) is 6.02. The average Bonchev–Trinajstić information content (AvgIpc) is 2.23. The summed E-state index contributed by atoms with van der Waals surface area (Å²) in [6.45, 7) is 12.9. The fraction of sp³-hybridized carbons (Fsp3) is 0.500. The van der Waals surface area contributed by atoms with E-state index in [4.69, 9.17) is 0 Å². The van der Waals surface area contributed by atoms with Gasteiger partial charge in [0.25, 0.3) is 0 Å². The maximum absolute atomic E-state index is 3.41. The largest absolute Gasteiger partial charge is 0.309 e. The van der Waals surface area contributed by atoms with Gasteiger partial charge in [-0.05, 0) is 30.4 Å². The zero-order valence-corrected chi connectivity index (χ0v) is 11.8. The molecule has 17 heavy (non-hydrogen) atoms. The van der Waals surface area contributed by atoms with Crippen LogP contribution >= 0.6 is 0 Å². The predicted octanol–water partition coefficient (Wildman–Crippen LogP) is 4.04. The number of nitrogens with one attached hydrogen (secondary N) is 1. The number of rotatable bonds is 4. The van der Waals surface area contributed by atoms with Crippen LogP contribution in [0.15, 0.2) is 35.9 Å². The van der Waals surface area contributed by atoms with Crippen molar-refractivity contribution in [3.8, 4) is 0 Å². The Labute approximate surface area is 106 Å². The lowest BCUT2D eigenvalue weighted by atomic mass is 9.87. The van der Waals surface area contributed by atoms with Crippen LogP contribution in [0.25, 0.3) is 0 Å². The van der Waals surface area contributed by atoms with Gasteiger partial charge in [0.2, 0.25) is 0 Å². The third-order valence-electron chi connectivity index (χ3n) is 2.80. The molecule has 0 aromatic heterocycles. The van der Waals surface area contributed by atoms with Crippen molar-refractivity contribution < 1.29 is 0 Å². The Bertz CT molecular complexity index is 362. The Morgan fingerprint density at radius 2 is 1.71 bits per heavy atom. The molecule has 0 spiro atoms. The molecule has 1 aromatic rings. The summed E-state index contributed by atoms with van der Waals surface area (Å²) in [4.78, 5) is 0. The lowest BCUT2D eigenvalue weighted by Crippen LogP contribution is -2.14. The molecule has 0 aliphatic carbocycles. The highest BCUT2D eigenvalue weighted by molar-refractivity contribution is 5.27. The van der Waals surface area contributed by atoms with Gasteiger partial charge in [-0.3, -0.25) is 0 Å². The van der Waals surface area contributed by atoms with E-state index in [-0.39, 0.29) is 5.41 Å². The van der Waals surface area contributed by atoms with Crippen molar-refractivity contribution in [1.29, 1.82) is 0 Å². The van der Waals surface area contributed by atoms with Gasteiger partial charge in [-0.15, -0.1) is 0 Å². The lowest BCUT2D eigenvalue weighted by molar-refractivity contribution is 0.589. The highest BCUT2D eigenvalue weighted by atomic mass is 14.8. The van der Waals surface area contributed by atoms with Gasteiger partial charge in [0, 0.05) is 13.1 Å². The molecule has 94 valence electrons. The van der Waals surface area contributed by atoms with Crippen molar-refractivity contribution in [3.63, 3.8) is 0 Å². The fourth-order valence-electron chi connectivity index (χ4n) is 1.62. The molecule has 0 aliphatic heterocycles. The van der Waals surface area contributed by atoms with E-state index in [1.54, 1.807) is 0 Å². The van der Waals surface area contributed by atoms with Gasteiger partial charge in [0.15, 0.2) is 0 Å². The molecule has 0 aliphatic rings. The van der Waals surface area contributed by atoms with Crippen LogP contribution in [-0.4, -0.2) is 6.54 Å². The summed E-state index contributed by atoms with van der Waals surface area (Å²) in [5, 5.41) is 3.41. The first kappa shape index (κ1) is 14.0. The third-order valence-corrected chi connectivity index (χ3v) is 2.80. The summed E-state index contributed by atoms with van der Waals surface area (Å²) < 4.78 is 0. The van der Waals surface area contributed by atoms with E-state index in [1.807, 2.05) is 0 Å². The maximum atomic E-state index is 3.41. The minimum atomic E-state index is 0.244. The first-order valence-electron chi connectivity index (χ1n) is 6.33. The van der Waals surface area contributed by atoms with Crippen molar-refractivity contribution in [2.75, 3.05) is 6.54 Å². The molecule has 0 saturated carbocycles. The van der Waals surface area contributed by atoms with Crippen LogP contribution < -0.4 is 5.32 Å². The fourth-order valence-corrected chi connectivity index (χ4v) is 1.62. The third kappa shape index (κ3) is 5.18. The van der Waals surface area contributed by atoms with Gasteiger partial charge in [-0.25, -0.2) is 0 Å². The zero-order chi connectivity index (χ0) is 12.9. The van der Waals surface area contributed by atoms with Crippen molar-refractivity contribution in [2.24, 2.45) is 0 Å². The van der Waals surface area contributed by atoms with Crippen LogP contribution in [0.5, 0.6) is 0 Å². The topological polar surface area (TPSA) is 12.0 Å². The van der Waals surface area contributed by atoms with Crippen LogP contribution in [-0.2, 0) is 12.0 Å². The van der Waals surface area contributed by atoms with E-state index in [2.05, 4.69) is 70.3 Å². The van der Waals surface area contributed by atoms with Gasteiger partial charge < -0.3 is 5.32 Å². The quantitative estimate of drug-likeness (QED) is 0.609. The van der Waals surface area contributed by atoms with Crippen LogP contribution in [0.4, 0.5) is 0 Å². The normalized spacial score (nSPS) is 11.4. The number of allylic oxidation sites excluding steroid dienone is 1. The Morgan fingerprint density at radius 1 is 1.12 bits per heavy atom. The average molecular weight is 231 g/mol. The van der Waals surface area contributed by atoms with Crippen LogP contribution in [0.1, 0.15) is 45.7 Å². The molecule has 1 nitrogen and oxygen atoms in total. The molecular formula is C16H25N. The summed E-state index contributed by atoms with van der Waals surface area (Å²) in [6, 6.07) is 8.90. The van der Waals surface area contributed by atoms with E-state index in [0.29, 0.717) is 0 Å². The molecule has 1 aromatic carbocycles. The molecule has 1 rings (SSSR count). The van der Waals surface area contributed by atoms with Crippen LogP contribution in [0, 0.1) is 0 Å². The van der Waals surface area contributed by atoms with E-state index in [9.17, 15) is 0 Å². The molecule has 0 amide bonds. The van der Waals surface area contributed by atoms with Gasteiger partial charge in [-0.2, -0.15) is 0 Å². The number of hydrogen-bond donors (Lipinski definition) is 1. The van der Waals surface area contributed by atoms with Crippen molar-refractivity contribution in [1.82, 2.24) is 5.32 Å². The smallest absolute Gasteiger partial charge is 0.0208 e. The Hall–Kier alpha value is -1.08. The molecule has 0 fully saturated rings. The van der Waals surface area contributed by atoms with Crippen LogP contribution in [0.3, 0.4) is 0 Å². The molecule has 0 unspecified atom stereocenters. The van der Waals surface area contributed by atoms with E-state index >= 15 is 0 Å². The Morgan fingerprint density at radius 3 is 2.18 bits per heavy atom. The zero-order valence-electron chi connectivity index (χ0n) is 11.8. The summed E-state index contributed by atoms with van der Waals surface area (Å²) in [6.07, 6.45) is 2.21. The molecule has 1 heteroatoms. The summed E-state index contributed by atoms with van der Waals surface area (Å²) in [5.41, 5.74) is 4.35. The standard InChI is InChI=1S/C16H25N/c1-13(2)10-11-17-12-14-6-8-15(9-7-14)16(3,4)5/h6-10,17H,11-12H2,1-5H3. The molecule has 0 heterocycles. The van der Waals surface area contributed by atoms with Crippen LogP contribution in [0.2, 0.25) is 0 Å². The van der Waals surface area contributed by atoms with Gasteiger partial charge in [0.1, 0.15) is 0 Å². The second-order valence-electron chi connectivity index (χ2n) is 5.86. The first-order valence-corrected chi connectivity index (χ1v) is 6.33. The number of hydrogen-bond acceptors (Lipinski definition) is 1. The van der Waals surface area contributed by atoms with Crippen molar-refractivity contribution in [3.05, 3.63) is 47.0 Å². The SMILES string of the molecule is CC(C)=CCNCc1ccc(C(C)(C)C)cc1. The van der Waals surface area contributed by atoms with E-state index in [0.717, 1.165) is 13.1 Å². The van der Waals surface area contributed by atoms with Crippen molar-refractivity contribution >= 4 is 0 Å². The van der Waals surface area contributed by atoms with Gasteiger partial charge in [0.05, 0.1) is 0 Å². The number of benzene rings is 1. The van der Waals surface area contributed by atoms with Gasteiger partial charge in [-0.1, -0.05) is 56.7 Å². The minimum absolute atomic E-state index is 0.244. The highest BCUT2D eigenvalue weighted by Gasteiger charge is 2.12. The lowest BCUT2D eigenvalue weighted by Gasteiger charge is -2.19. The molecular weight excluding hydrogens is 206 g/mol. The van der Waals surface area contributed by atoms with Crippen molar-refractivity contribution in [2.45, 2.75) is 46.6 Å². The minimum Gasteiger partial charge on any atom is -0.309 e. The molecule has 0 radical (unpaired) electrons. The van der Waals surface area contributed by atoms with Gasteiger partial charge >= 0.3 is 0 Å². The molecule has 1 N–H and O–H groups in total. The first-order chi connectivity index (χ1) is 7.89. The predicted molar refractivity (Wildman–Crippen MR) is 76.3 cm³/mol. The second-order valence-corrected chi connectivity index (χ2v) is 5.86.